The molecule has 0 amide bonds. The summed E-state index contributed by atoms with van der Waals surface area (Å²) in [6, 6.07) is 41.0. The van der Waals surface area contributed by atoms with E-state index in [4.69, 9.17) is 0 Å². The van der Waals surface area contributed by atoms with E-state index in [1.165, 1.54) is 92.6 Å². The number of hydrogen-bond donors (Lipinski definition) is 0. The summed E-state index contributed by atoms with van der Waals surface area (Å²) in [6.07, 6.45) is 6.66. The fourth-order valence-corrected chi connectivity index (χ4v) is 7.35. The molecule has 0 bridgehead atoms. The molecule has 0 spiro atoms. The predicted octanol–water partition coefficient (Wildman–Crippen LogP) is 8.66. The van der Waals surface area contributed by atoms with E-state index in [1.807, 2.05) is 0 Å². The number of fused-ring (bicyclic) bond motifs is 2. The van der Waals surface area contributed by atoms with Crippen LogP contribution in [0.3, 0.4) is 0 Å². The maximum Gasteiger partial charge on any atom is -1.00 e. The van der Waals surface area contributed by atoms with Crippen LogP contribution in [0.15, 0.2) is 109 Å². The first-order valence-corrected chi connectivity index (χ1v) is 25.1. The van der Waals surface area contributed by atoms with Crippen LogP contribution < -0.4 is 24.8 Å². The summed E-state index contributed by atoms with van der Waals surface area (Å²) >= 11 is 1.74. The van der Waals surface area contributed by atoms with Crippen molar-refractivity contribution in [3.05, 3.63) is 131 Å². The Morgan fingerprint density at radius 3 is 1.71 bits per heavy atom. The van der Waals surface area contributed by atoms with Gasteiger partial charge in [0.25, 0.3) is 0 Å². The van der Waals surface area contributed by atoms with E-state index >= 15 is 0 Å². The van der Waals surface area contributed by atoms with E-state index in [-0.39, 0.29) is 35.7 Å². The summed E-state index contributed by atoms with van der Waals surface area (Å²) in [5.41, 5.74) is 11.5. The van der Waals surface area contributed by atoms with E-state index in [0.717, 1.165) is 11.8 Å². The molecular formula is C48H58Cl2SiZr-2. The third-order valence-corrected chi connectivity index (χ3v) is 10.6. The van der Waals surface area contributed by atoms with Crippen molar-refractivity contribution in [3.8, 4) is 22.3 Å². The molecule has 1 aliphatic rings. The largest absolute Gasteiger partial charge is 1.00 e. The van der Waals surface area contributed by atoms with Gasteiger partial charge in [-0.25, -0.2) is 0 Å². The Morgan fingerprint density at radius 2 is 1.21 bits per heavy atom. The average molecular weight is 825 g/mol. The van der Waals surface area contributed by atoms with Crippen molar-refractivity contribution in [2.75, 3.05) is 0 Å². The van der Waals surface area contributed by atoms with Crippen LogP contribution in [0, 0.1) is 12.8 Å². The van der Waals surface area contributed by atoms with Crippen molar-refractivity contribution in [2.45, 2.75) is 111 Å². The van der Waals surface area contributed by atoms with Gasteiger partial charge in [0.2, 0.25) is 0 Å². The van der Waals surface area contributed by atoms with Gasteiger partial charge in [0.05, 0.1) is 0 Å². The summed E-state index contributed by atoms with van der Waals surface area (Å²) in [5.74, 6) is 2.31. The molecule has 0 radical (unpaired) electrons. The zero-order chi connectivity index (χ0) is 36.0. The van der Waals surface area contributed by atoms with Crippen LogP contribution in [0.5, 0.6) is 0 Å². The molecule has 7 rings (SSSR count). The van der Waals surface area contributed by atoms with Crippen molar-refractivity contribution in [3.63, 3.8) is 0 Å². The van der Waals surface area contributed by atoms with Crippen LogP contribution in [-0.4, -0.2) is 5.43 Å². The molecule has 4 heteroatoms. The minimum absolute atomic E-state index is 0. The van der Waals surface area contributed by atoms with Gasteiger partial charge in [0.1, 0.15) is 0 Å². The van der Waals surface area contributed by atoms with Crippen LogP contribution in [0.2, 0.25) is 13.1 Å². The van der Waals surface area contributed by atoms with Gasteiger partial charge in [-0.15, -0.1) is 69.1 Å². The molecule has 1 fully saturated rings. The summed E-state index contributed by atoms with van der Waals surface area (Å²) in [6.45, 7) is 20.5. The van der Waals surface area contributed by atoms with Gasteiger partial charge < -0.3 is 24.8 Å². The van der Waals surface area contributed by atoms with Gasteiger partial charge in [-0.3, -0.25) is 0 Å². The molecule has 0 aromatic heterocycles. The zero-order valence-corrected chi connectivity index (χ0v) is 37.9. The Morgan fingerprint density at radius 1 is 0.731 bits per heavy atom. The molecule has 1 atom stereocenters. The average Bonchev–Trinajstić information content (AvgIpc) is 3.71. The molecule has 6 aromatic rings. The predicted molar refractivity (Wildman–Crippen MR) is 220 cm³/mol. The van der Waals surface area contributed by atoms with Gasteiger partial charge in [0.15, 0.2) is 0 Å². The molecule has 0 saturated heterocycles. The van der Waals surface area contributed by atoms with E-state index < -0.39 is 0 Å². The molecule has 0 aliphatic heterocycles. The third-order valence-electron chi connectivity index (χ3n) is 10.6. The topological polar surface area (TPSA) is 0 Å². The van der Waals surface area contributed by atoms with Crippen LogP contribution in [-0.2, 0) is 28.8 Å². The second kappa shape index (κ2) is 19.9. The maximum absolute atomic E-state index is 2.48. The first-order chi connectivity index (χ1) is 23.8. The smallest absolute Gasteiger partial charge is 1.00 e. The van der Waals surface area contributed by atoms with Gasteiger partial charge in [-0.2, -0.15) is 12.1 Å². The summed E-state index contributed by atoms with van der Waals surface area (Å²) in [4.78, 5) is 0. The van der Waals surface area contributed by atoms with E-state index in [1.54, 1.807) is 28.9 Å². The Bertz CT molecular complexity index is 1990. The summed E-state index contributed by atoms with van der Waals surface area (Å²) < 4.78 is 0. The van der Waals surface area contributed by atoms with Gasteiger partial charge >= 0.3 is 41.9 Å². The Kier molecular flexibility index (Phi) is 16.9. The number of hydrogen-bond acceptors (Lipinski definition) is 0. The molecule has 1 saturated carbocycles. The molecule has 1 aliphatic carbocycles. The molecule has 6 aromatic carbocycles. The quantitative estimate of drug-likeness (QED) is 0.121. The van der Waals surface area contributed by atoms with Crippen molar-refractivity contribution < 1.29 is 48.1 Å². The normalized spacial score (nSPS) is 16.1. The number of aryl methyl sites for hydroxylation is 1. The van der Waals surface area contributed by atoms with Crippen molar-refractivity contribution in [1.82, 2.24) is 0 Å². The molecular weight excluding hydrogens is 767 g/mol. The SMILES string of the molecule is CC1CCC(c2cc3c(-c4ccc(C(C)(C)C)cc4)cccc3[cH-]2)CC1.CCC(C)c1ccc(-c2cccc3[cH-]c(C)cc23)cc1.C[Si](C)=[Zr+2].[Cl-].[Cl-]. The molecule has 0 nitrogen and oxygen atoms in total. The molecule has 0 heterocycles. The summed E-state index contributed by atoms with van der Waals surface area (Å²) in [5, 5.41) is 5.52. The van der Waals surface area contributed by atoms with Gasteiger partial charge in [0, 0.05) is 0 Å². The fourth-order valence-electron chi connectivity index (χ4n) is 7.35. The third kappa shape index (κ3) is 11.4. The number of halogens is 2. The van der Waals surface area contributed by atoms with Crippen LogP contribution in [0.4, 0.5) is 0 Å². The molecule has 0 N–H and O–H groups in total. The minimum atomic E-state index is 0. The van der Waals surface area contributed by atoms with Crippen LogP contribution in [0.25, 0.3) is 43.8 Å². The first-order valence-electron chi connectivity index (χ1n) is 18.9. The van der Waals surface area contributed by atoms with Crippen molar-refractivity contribution >= 4 is 27.0 Å². The standard InChI is InChI=1S/C26H31.C20H21.C2H6Si.2ClH.Zr/c1-18-8-10-19(11-9-18)22-16-21-6-5-7-24(25(21)17-22)20-12-14-23(15-13-20)26(2,3)4;1-4-15(3)16-8-10-17(11-9-16)19-7-5-6-18-12-14(2)13-20(18)19;1-3-2;;;/h5-7,12-19H,8-11H2,1-4H3;5-13,15H,4H2,1-3H3;1-2H3;2*1H;/q2*-1;;;;+2/p-2. The van der Waals surface area contributed by atoms with E-state index in [9.17, 15) is 0 Å². The fraction of sp³-hybridized carbons (Fsp3) is 0.375. The van der Waals surface area contributed by atoms with E-state index in [2.05, 4.69) is 171 Å². The first kappa shape index (κ1) is 44.2. The Balaban J connectivity index is 0.000000252. The number of benzene rings is 4. The Hall–Kier alpha value is -2.22. The van der Waals surface area contributed by atoms with Gasteiger partial charge in [-0.1, -0.05) is 133 Å². The van der Waals surface area contributed by atoms with Crippen molar-refractivity contribution in [1.29, 1.82) is 0 Å². The minimum Gasteiger partial charge on any atom is -1.00 e. The van der Waals surface area contributed by atoms with Gasteiger partial charge in [-0.05, 0) is 64.7 Å². The number of rotatable bonds is 5. The summed E-state index contributed by atoms with van der Waals surface area (Å²) in [7, 11) is 0. The van der Waals surface area contributed by atoms with Crippen LogP contribution >= 0.6 is 0 Å². The van der Waals surface area contributed by atoms with E-state index in [0.29, 0.717) is 5.92 Å². The zero-order valence-electron chi connectivity index (χ0n) is 32.9. The Labute approximate surface area is 343 Å². The molecule has 274 valence electrons. The van der Waals surface area contributed by atoms with Crippen molar-refractivity contribution in [2.24, 2.45) is 5.92 Å². The second-order valence-electron chi connectivity index (χ2n) is 16.2. The second-order valence-corrected chi connectivity index (χ2v) is 25.5. The molecule has 1 unspecified atom stereocenters. The molecule has 52 heavy (non-hydrogen) atoms. The monoisotopic (exact) mass is 822 g/mol. The van der Waals surface area contributed by atoms with Crippen LogP contribution in [0.1, 0.15) is 108 Å². The maximum atomic E-state index is 2.48.